The molecule has 0 saturated heterocycles. The molecule has 1 aromatic carbocycles. The largest absolute Gasteiger partial charge is 0.312 e. The van der Waals surface area contributed by atoms with E-state index >= 15 is 0 Å². The second-order valence-corrected chi connectivity index (χ2v) is 6.55. The maximum atomic E-state index is 6.11. The summed E-state index contributed by atoms with van der Waals surface area (Å²) in [7, 11) is 0. The summed E-state index contributed by atoms with van der Waals surface area (Å²) < 4.78 is 0. The van der Waals surface area contributed by atoms with Gasteiger partial charge < -0.3 is 5.32 Å². The van der Waals surface area contributed by atoms with Crippen molar-refractivity contribution in [2.75, 3.05) is 6.54 Å². The molecule has 0 aliphatic heterocycles. The summed E-state index contributed by atoms with van der Waals surface area (Å²) in [4.78, 5) is 5.51. The van der Waals surface area contributed by atoms with Crippen LogP contribution >= 0.6 is 23.4 Å². The predicted molar refractivity (Wildman–Crippen MR) is 86.4 cm³/mol. The average Bonchev–Trinajstić information content (AvgIpc) is 2.42. The summed E-state index contributed by atoms with van der Waals surface area (Å²) in [6, 6.07) is 12.0. The van der Waals surface area contributed by atoms with Gasteiger partial charge in [0, 0.05) is 22.7 Å². The lowest BCUT2D eigenvalue weighted by atomic mass is 10.2. The lowest BCUT2D eigenvalue weighted by Gasteiger charge is -2.12. The van der Waals surface area contributed by atoms with E-state index in [0.717, 1.165) is 28.0 Å². The molecule has 1 N–H and O–H groups in total. The van der Waals surface area contributed by atoms with Gasteiger partial charge in [0.1, 0.15) is 5.03 Å². The van der Waals surface area contributed by atoms with E-state index < -0.39 is 0 Å². The van der Waals surface area contributed by atoms with Crippen LogP contribution in [0.25, 0.3) is 0 Å². The van der Waals surface area contributed by atoms with E-state index in [2.05, 4.69) is 30.2 Å². The molecular weight excluding hydrogens is 288 g/mol. The van der Waals surface area contributed by atoms with Crippen LogP contribution in [0, 0.1) is 5.92 Å². The molecule has 1 heterocycles. The molecule has 2 nitrogen and oxygen atoms in total. The van der Waals surface area contributed by atoms with Crippen molar-refractivity contribution in [1.29, 1.82) is 0 Å². The molecule has 4 heteroatoms. The number of nitrogens with zero attached hydrogens (tertiary/aromatic N) is 1. The van der Waals surface area contributed by atoms with Crippen LogP contribution in [0.1, 0.15) is 19.4 Å². The molecule has 0 aliphatic rings. The van der Waals surface area contributed by atoms with Gasteiger partial charge in [-0.05, 0) is 42.3 Å². The van der Waals surface area contributed by atoms with Crippen molar-refractivity contribution < 1.29 is 0 Å². The molecule has 0 spiro atoms. The first-order valence-electron chi connectivity index (χ1n) is 6.73. The number of aromatic nitrogens is 1. The SMILES string of the molecule is CC(C)CNCc1ccc(Cl)cc1Sc1ccccn1. The fourth-order valence-electron chi connectivity index (χ4n) is 1.79. The zero-order valence-corrected chi connectivity index (χ0v) is 13.3. The molecule has 0 radical (unpaired) electrons. The van der Waals surface area contributed by atoms with Crippen LogP contribution in [-0.4, -0.2) is 11.5 Å². The minimum Gasteiger partial charge on any atom is -0.312 e. The van der Waals surface area contributed by atoms with E-state index in [9.17, 15) is 0 Å². The van der Waals surface area contributed by atoms with Gasteiger partial charge in [-0.1, -0.05) is 49.3 Å². The molecule has 2 aromatic rings. The van der Waals surface area contributed by atoms with Gasteiger partial charge in [0.2, 0.25) is 0 Å². The molecular formula is C16H19ClN2S. The summed E-state index contributed by atoms with van der Waals surface area (Å²) in [5, 5.41) is 5.22. The Hall–Kier alpha value is -1.03. The summed E-state index contributed by atoms with van der Waals surface area (Å²) in [5.74, 6) is 0.647. The maximum absolute atomic E-state index is 6.11. The first kappa shape index (κ1) is 15.4. The highest BCUT2D eigenvalue weighted by Crippen LogP contribution is 2.31. The van der Waals surface area contributed by atoms with Crippen LogP contribution in [0.5, 0.6) is 0 Å². The molecule has 20 heavy (non-hydrogen) atoms. The summed E-state index contributed by atoms with van der Waals surface area (Å²) in [5.41, 5.74) is 1.26. The van der Waals surface area contributed by atoms with Crippen LogP contribution in [0.15, 0.2) is 52.5 Å². The Morgan fingerprint density at radius 2 is 2.10 bits per heavy atom. The second-order valence-electron chi connectivity index (χ2n) is 5.05. The number of halogens is 1. The number of benzene rings is 1. The van der Waals surface area contributed by atoms with Crippen molar-refractivity contribution in [3.8, 4) is 0 Å². The van der Waals surface area contributed by atoms with E-state index in [1.807, 2.05) is 36.5 Å². The third-order valence-corrected chi connectivity index (χ3v) is 4.04. The Bertz CT molecular complexity index is 543. The smallest absolute Gasteiger partial charge is 0.101 e. The summed E-state index contributed by atoms with van der Waals surface area (Å²) >= 11 is 7.77. The molecule has 2 rings (SSSR count). The number of pyridine rings is 1. The number of rotatable bonds is 6. The molecule has 0 unspecified atom stereocenters. The van der Waals surface area contributed by atoms with Crippen molar-refractivity contribution in [2.24, 2.45) is 5.92 Å². The monoisotopic (exact) mass is 306 g/mol. The summed E-state index contributed by atoms with van der Waals surface area (Å²) in [6.45, 7) is 6.28. The molecule has 0 fully saturated rings. The van der Waals surface area contributed by atoms with Crippen LogP contribution in [0.2, 0.25) is 5.02 Å². The highest BCUT2D eigenvalue weighted by atomic mass is 35.5. The molecule has 0 amide bonds. The van der Waals surface area contributed by atoms with Gasteiger partial charge in [0.05, 0.1) is 0 Å². The number of hydrogen-bond acceptors (Lipinski definition) is 3. The highest BCUT2D eigenvalue weighted by Gasteiger charge is 2.06. The molecule has 0 aliphatic carbocycles. The normalized spacial score (nSPS) is 11.0. The molecule has 0 atom stereocenters. The maximum Gasteiger partial charge on any atom is 0.101 e. The topological polar surface area (TPSA) is 24.9 Å². The predicted octanol–water partition coefficient (Wildman–Crippen LogP) is 4.63. The Labute approximate surface area is 130 Å². The van der Waals surface area contributed by atoms with E-state index in [1.165, 1.54) is 5.56 Å². The fourth-order valence-corrected chi connectivity index (χ4v) is 2.96. The summed E-state index contributed by atoms with van der Waals surface area (Å²) in [6.07, 6.45) is 1.81. The van der Waals surface area contributed by atoms with Crippen LogP contribution in [0.4, 0.5) is 0 Å². The van der Waals surface area contributed by atoms with Gasteiger partial charge in [0.25, 0.3) is 0 Å². The molecule has 0 bridgehead atoms. The average molecular weight is 307 g/mol. The third-order valence-electron chi connectivity index (χ3n) is 2.75. The van der Waals surface area contributed by atoms with Gasteiger partial charge in [-0.15, -0.1) is 0 Å². The number of hydrogen-bond donors (Lipinski definition) is 1. The van der Waals surface area contributed by atoms with Crippen LogP contribution < -0.4 is 5.32 Å². The van der Waals surface area contributed by atoms with Gasteiger partial charge >= 0.3 is 0 Å². The fraction of sp³-hybridized carbons (Fsp3) is 0.312. The zero-order valence-electron chi connectivity index (χ0n) is 11.8. The lowest BCUT2D eigenvalue weighted by molar-refractivity contribution is 0.550. The van der Waals surface area contributed by atoms with Crippen molar-refractivity contribution in [3.63, 3.8) is 0 Å². The highest BCUT2D eigenvalue weighted by molar-refractivity contribution is 7.99. The third kappa shape index (κ3) is 4.82. The van der Waals surface area contributed by atoms with E-state index in [1.54, 1.807) is 11.8 Å². The Kier molecular flexibility index (Phi) is 5.89. The van der Waals surface area contributed by atoms with E-state index in [4.69, 9.17) is 11.6 Å². The van der Waals surface area contributed by atoms with Gasteiger partial charge in [-0.2, -0.15) is 0 Å². The first-order valence-corrected chi connectivity index (χ1v) is 7.92. The molecule has 1 aromatic heterocycles. The van der Waals surface area contributed by atoms with Crippen molar-refractivity contribution >= 4 is 23.4 Å². The van der Waals surface area contributed by atoms with Gasteiger partial charge in [0.15, 0.2) is 0 Å². The Morgan fingerprint density at radius 1 is 1.25 bits per heavy atom. The standard InChI is InChI=1S/C16H19ClN2S/c1-12(2)10-18-11-13-6-7-14(17)9-15(13)20-16-5-3-4-8-19-16/h3-9,12,18H,10-11H2,1-2H3. The molecule has 0 saturated carbocycles. The minimum absolute atomic E-state index is 0.647. The minimum atomic E-state index is 0.647. The zero-order chi connectivity index (χ0) is 14.4. The first-order chi connectivity index (χ1) is 9.65. The quantitative estimate of drug-likeness (QED) is 0.842. The molecule has 106 valence electrons. The van der Waals surface area contributed by atoms with Crippen molar-refractivity contribution in [3.05, 3.63) is 53.2 Å². The second kappa shape index (κ2) is 7.67. The number of nitrogens with one attached hydrogen (secondary N) is 1. The van der Waals surface area contributed by atoms with Gasteiger partial charge in [-0.3, -0.25) is 0 Å². The van der Waals surface area contributed by atoms with E-state index in [-0.39, 0.29) is 0 Å². The van der Waals surface area contributed by atoms with Crippen LogP contribution in [-0.2, 0) is 6.54 Å². The van der Waals surface area contributed by atoms with Gasteiger partial charge in [-0.25, -0.2) is 4.98 Å². The van der Waals surface area contributed by atoms with Crippen molar-refractivity contribution in [1.82, 2.24) is 10.3 Å². The van der Waals surface area contributed by atoms with E-state index in [0.29, 0.717) is 5.92 Å². The van der Waals surface area contributed by atoms with Crippen molar-refractivity contribution in [2.45, 2.75) is 30.3 Å². The van der Waals surface area contributed by atoms with Crippen LogP contribution in [0.3, 0.4) is 0 Å². The Morgan fingerprint density at radius 3 is 2.80 bits per heavy atom. The lowest BCUT2D eigenvalue weighted by Crippen LogP contribution is -2.19. The Balaban J connectivity index is 2.11.